The van der Waals surface area contributed by atoms with Crippen LogP contribution in [0.3, 0.4) is 0 Å². The van der Waals surface area contributed by atoms with Crippen molar-refractivity contribution < 1.29 is 9.47 Å². The minimum Gasteiger partial charge on any atom is -0.495 e. The molecule has 262 valence electrons. The summed E-state index contributed by atoms with van der Waals surface area (Å²) in [7, 11) is -0.586. The molecule has 0 aliphatic rings. The highest BCUT2D eigenvalue weighted by molar-refractivity contribution is 6.91. The molecule has 0 N–H and O–H groups in total. The average molecular weight is 699 g/mol. The van der Waals surface area contributed by atoms with Gasteiger partial charge in [0.25, 0.3) is 0 Å². The Bertz CT molecular complexity index is 1980. The maximum atomic E-state index is 6.46. The summed E-state index contributed by atoms with van der Waals surface area (Å²) in [4.78, 5) is 0. The first kappa shape index (κ1) is 37.5. The first-order chi connectivity index (χ1) is 23.7. The van der Waals surface area contributed by atoms with E-state index < -0.39 is 16.1 Å². The molecule has 0 aliphatic heterocycles. The zero-order valence-electron chi connectivity index (χ0n) is 33.1. The number of hydrogen-bond acceptors (Lipinski definition) is 2. The number of benzene rings is 5. The van der Waals surface area contributed by atoms with Crippen LogP contribution < -0.4 is 9.47 Å². The first-order valence-electron chi connectivity index (χ1n) is 18.7. The molecule has 50 heavy (non-hydrogen) atoms. The zero-order valence-corrected chi connectivity index (χ0v) is 35.1. The van der Waals surface area contributed by atoms with Crippen molar-refractivity contribution in [3.8, 4) is 34.4 Å². The summed E-state index contributed by atoms with van der Waals surface area (Å²) in [5, 5.41) is 8.73. The third-order valence-corrected chi connectivity index (χ3v) is 24.6. The largest absolute Gasteiger partial charge is 0.495 e. The van der Waals surface area contributed by atoms with E-state index in [4.69, 9.17) is 9.47 Å². The monoisotopic (exact) mass is 698 g/mol. The Hall–Kier alpha value is -3.71. The summed E-state index contributed by atoms with van der Waals surface area (Å²) in [5.74, 6) is 9.60. The molecular formula is C46H58O2Si2. The van der Waals surface area contributed by atoms with E-state index in [9.17, 15) is 0 Å². The maximum Gasteiger partial charge on any atom is 0.146 e. The molecule has 0 heterocycles. The van der Waals surface area contributed by atoms with E-state index in [1.807, 2.05) is 0 Å². The molecule has 0 amide bonds. The van der Waals surface area contributed by atoms with Crippen molar-refractivity contribution in [2.24, 2.45) is 0 Å². The second kappa shape index (κ2) is 14.5. The molecule has 0 atom stereocenters. The number of methoxy groups -OCH3 is 2. The molecule has 0 aromatic heterocycles. The zero-order chi connectivity index (χ0) is 36.7. The van der Waals surface area contributed by atoms with Gasteiger partial charge in [-0.25, -0.2) is 0 Å². The van der Waals surface area contributed by atoms with Crippen LogP contribution in [0.4, 0.5) is 0 Å². The van der Waals surface area contributed by atoms with Crippen LogP contribution in [0.2, 0.25) is 33.2 Å². The third kappa shape index (κ3) is 5.93. The summed E-state index contributed by atoms with van der Waals surface area (Å²) in [6, 6.07) is 21.8. The summed E-state index contributed by atoms with van der Waals surface area (Å²) < 4.78 is 12.9. The molecule has 0 radical (unpaired) electrons. The minimum atomic E-state index is -2.09. The van der Waals surface area contributed by atoms with Gasteiger partial charge in [-0.2, -0.15) is 0 Å². The number of ether oxygens (including phenoxy) is 2. The Balaban J connectivity index is 2.17. The third-order valence-electron chi connectivity index (χ3n) is 12.0. The number of rotatable bonds is 8. The molecule has 2 nitrogen and oxygen atoms in total. The van der Waals surface area contributed by atoms with E-state index in [1.54, 1.807) is 14.2 Å². The summed E-state index contributed by atoms with van der Waals surface area (Å²) >= 11 is 0. The molecule has 4 heteroatoms. The molecule has 0 fully saturated rings. The van der Waals surface area contributed by atoms with Crippen LogP contribution in [0.25, 0.3) is 43.1 Å². The number of fused-ring (bicyclic) bond motifs is 4. The number of hydrogen-bond donors (Lipinski definition) is 0. The lowest BCUT2D eigenvalue weighted by atomic mass is 9.87. The molecular weight excluding hydrogens is 641 g/mol. The predicted molar refractivity (Wildman–Crippen MR) is 225 cm³/mol. The van der Waals surface area contributed by atoms with E-state index in [1.165, 1.54) is 10.8 Å². The van der Waals surface area contributed by atoms with Gasteiger partial charge in [0, 0.05) is 32.7 Å². The Kier molecular flexibility index (Phi) is 10.9. The van der Waals surface area contributed by atoms with Crippen LogP contribution in [-0.4, -0.2) is 30.4 Å². The van der Waals surface area contributed by atoms with E-state index in [0.29, 0.717) is 33.2 Å². The molecule has 5 rings (SSSR count). The summed E-state index contributed by atoms with van der Waals surface area (Å²) in [5.41, 5.74) is 13.3. The highest BCUT2D eigenvalue weighted by Crippen LogP contribution is 2.49. The van der Waals surface area contributed by atoms with Gasteiger partial charge in [0.05, 0.1) is 14.2 Å². The van der Waals surface area contributed by atoms with Gasteiger partial charge in [0.2, 0.25) is 0 Å². The molecule has 0 saturated heterocycles. The molecule has 0 bridgehead atoms. The summed E-state index contributed by atoms with van der Waals surface area (Å²) in [6.07, 6.45) is 0. The first-order valence-corrected chi connectivity index (χ1v) is 23.2. The lowest BCUT2D eigenvalue weighted by molar-refractivity contribution is 0.417. The van der Waals surface area contributed by atoms with Crippen molar-refractivity contribution in [3.05, 3.63) is 71.8 Å². The highest BCUT2D eigenvalue weighted by Gasteiger charge is 2.43. The topological polar surface area (TPSA) is 18.5 Å². The fourth-order valence-electron chi connectivity index (χ4n) is 9.67. The molecule has 0 saturated carbocycles. The Morgan fingerprint density at radius 2 is 0.740 bits per heavy atom. The Morgan fingerprint density at radius 3 is 1.02 bits per heavy atom. The van der Waals surface area contributed by atoms with Gasteiger partial charge in [0.15, 0.2) is 0 Å². The van der Waals surface area contributed by atoms with Crippen LogP contribution in [0.5, 0.6) is 11.5 Å². The van der Waals surface area contributed by atoms with Gasteiger partial charge < -0.3 is 9.47 Å². The van der Waals surface area contributed by atoms with Crippen molar-refractivity contribution in [2.75, 3.05) is 14.2 Å². The standard InChI is InChI=1S/C46H58O2Si2/c1-29(2)49(30(3)4,31(5)6)25-23-37-41-27-35-19-15-16-20-36(35)28-42(41)38(24-26-50(32(7)8,33(9)10)34(11)12)44-43(37)45(47-13)39-21-17-18-22-40(39)46(44)48-14/h15-22,27-34H,1-14H3. The normalized spacial score (nSPS) is 12.6. The van der Waals surface area contributed by atoms with E-state index >= 15 is 0 Å². The van der Waals surface area contributed by atoms with E-state index in [2.05, 4.69) is 167 Å². The highest BCUT2D eigenvalue weighted by atomic mass is 28.3. The van der Waals surface area contributed by atoms with Crippen molar-refractivity contribution >= 4 is 59.2 Å². The second-order valence-electron chi connectivity index (χ2n) is 16.2. The quantitative estimate of drug-likeness (QED) is 0.0912. The van der Waals surface area contributed by atoms with Gasteiger partial charge in [-0.15, -0.1) is 11.1 Å². The van der Waals surface area contributed by atoms with Crippen molar-refractivity contribution in [1.82, 2.24) is 0 Å². The second-order valence-corrected chi connectivity index (χ2v) is 27.3. The summed E-state index contributed by atoms with van der Waals surface area (Å²) in [6.45, 7) is 28.6. The van der Waals surface area contributed by atoms with Crippen LogP contribution >= 0.6 is 0 Å². The average Bonchev–Trinajstić information content (AvgIpc) is 3.06. The Morgan fingerprint density at radius 1 is 0.440 bits per heavy atom. The Labute approximate surface area is 304 Å². The molecule has 0 unspecified atom stereocenters. The minimum absolute atomic E-state index is 0.511. The van der Waals surface area contributed by atoms with E-state index in [-0.39, 0.29) is 0 Å². The molecule has 5 aromatic carbocycles. The smallest absolute Gasteiger partial charge is 0.146 e. The lowest BCUT2D eigenvalue weighted by Gasteiger charge is -2.38. The van der Waals surface area contributed by atoms with E-state index in [0.717, 1.165) is 54.9 Å². The molecule has 0 spiro atoms. The van der Waals surface area contributed by atoms with Gasteiger partial charge in [0.1, 0.15) is 27.6 Å². The lowest BCUT2D eigenvalue weighted by Crippen LogP contribution is -2.43. The molecule has 5 aromatic rings. The van der Waals surface area contributed by atoms with Crippen molar-refractivity contribution in [2.45, 2.75) is 116 Å². The fraction of sp³-hybridized carbons (Fsp3) is 0.435. The van der Waals surface area contributed by atoms with Gasteiger partial charge in [-0.1, -0.05) is 143 Å². The van der Waals surface area contributed by atoms with Crippen LogP contribution in [-0.2, 0) is 0 Å². The van der Waals surface area contributed by atoms with Crippen LogP contribution in [0, 0.1) is 22.9 Å². The maximum absolute atomic E-state index is 6.46. The SMILES string of the molecule is COc1c2ccccc2c(OC)c2c(C#C[Si](C(C)C)(C(C)C)C(C)C)c3cc4ccccc4cc3c(C#C[Si](C(C)C)(C(C)C)C(C)C)c12. The predicted octanol–water partition coefficient (Wildman–Crippen LogP) is 13.5. The van der Waals surface area contributed by atoms with Gasteiger partial charge in [-0.05, 0) is 66.9 Å². The van der Waals surface area contributed by atoms with Crippen LogP contribution in [0.1, 0.15) is 94.2 Å². The van der Waals surface area contributed by atoms with Crippen molar-refractivity contribution in [3.63, 3.8) is 0 Å². The van der Waals surface area contributed by atoms with Gasteiger partial charge in [-0.3, -0.25) is 0 Å². The van der Waals surface area contributed by atoms with Gasteiger partial charge >= 0.3 is 0 Å². The van der Waals surface area contributed by atoms with Crippen LogP contribution in [0.15, 0.2) is 60.7 Å². The molecule has 0 aliphatic carbocycles. The van der Waals surface area contributed by atoms with Crippen molar-refractivity contribution in [1.29, 1.82) is 0 Å². The fourth-order valence-corrected chi connectivity index (χ4v) is 20.1.